The zero-order valence-corrected chi connectivity index (χ0v) is 15.4. The topological polar surface area (TPSA) is 95.1 Å². The monoisotopic (exact) mass is 387 g/mol. The Hall–Kier alpha value is -1.67. The van der Waals surface area contributed by atoms with Crippen LogP contribution in [-0.2, 0) is 16.1 Å². The number of nitrogens with two attached hydrogens (primary N) is 1. The molecule has 0 aliphatic carbocycles. The number of nitrogens with zero attached hydrogens (tertiary/aromatic N) is 3. The second kappa shape index (κ2) is 9.72. The average molecular weight is 388 g/mol. The van der Waals surface area contributed by atoms with E-state index in [0.717, 1.165) is 11.3 Å². The molecule has 0 unspecified atom stereocenters. The van der Waals surface area contributed by atoms with E-state index in [1.807, 2.05) is 24.3 Å². The summed E-state index contributed by atoms with van der Waals surface area (Å²) in [4.78, 5) is 16.6. The lowest BCUT2D eigenvalue weighted by Crippen LogP contribution is -2.46. The van der Waals surface area contributed by atoms with E-state index in [-0.39, 0.29) is 30.7 Å². The quantitative estimate of drug-likeness (QED) is 0.816. The van der Waals surface area contributed by atoms with Crippen molar-refractivity contribution in [1.29, 1.82) is 0 Å². The van der Waals surface area contributed by atoms with E-state index in [9.17, 15) is 4.79 Å². The van der Waals surface area contributed by atoms with E-state index in [4.69, 9.17) is 10.5 Å². The van der Waals surface area contributed by atoms with Crippen LogP contribution in [0.1, 0.15) is 18.4 Å². The van der Waals surface area contributed by atoms with Gasteiger partial charge in [0, 0.05) is 25.4 Å². The van der Waals surface area contributed by atoms with Gasteiger partial charge in [-0.1, -0.05) is 12.1 Å². The van der Waals surface area contributed by atoms with Gasteiger partial charge in [-0.3, -0.25) is 4.79 Å². The van der Waals surface area contributed by atoms with Crippen LogP contribution in [0.15, 0.2) is 36.9 Å². The van der Waals surface area contributed by atoms with E-state index in [0.29, 0.717) is 39.1 Å². The Balaban J connectivity index is 0.00000156. The second-order valence-electron chi connectivity index (χ2n) is 5.84. The highest BCUT2D eigenvalue weighted by atomic mass is 35.5. The normalized spacial score (nSPS) is 15.6. The van der Waals surface area contributed by atoms with E-state index in [1.165, 1.54) is 6.33 Å². The lowest BCUT2D eigenvalue weighted by molar-refractivity contribution is -0.130. The number of rotatable bonds is 5. The summed E-state index contributed by atoms with van der Waals surface area (Å²) in [6.07, 6.45) is 4.49. The fraction of sp³-hybridized carbons (Fsp3) is 0.438. The highest BCUT2D eigenvalue weighted by molar-refractivity contribution is 5.95. The van der Waals surface area contributed by atoms with Crippen LogP contribution in [0.5, 0.6) is 0 Å². The molecule has 0 saturated carbocycles. The predicted molar refractivity (Wildman–Crippen MR) is 100 cm³/mol. The molecule has 138 valence electrons. The maximum atomic E-state index is 12.7. The van der Waals surface area contributed by atoms with Crippen molar-refractivity contribution in [2.24, 2.45) is 11.1 Å². The molecule has 7 nitrogen and oxygen atoms in total. The Morgan fingerprint density at radius 1 is 1.32 bits per heavy atom. The van der Waals surface area contributed by atoms with Gasteiger partial charge in [0.15, 0.2) is 0 Å². The number of aromatic nitrogens is 3. The van der Waals surface area contributed by atoms with Gasteiger partial charge >= 0.3 is 0 Å². The summed E-state index contributed by atoms with van der Waals surface area (Å²) in [7, 11) is 0. The predicted octanol–water partition coefficient (Wildman–Crippen LogP) is 1.86. The van der Waals surface area contributed by atoms with E-state index in [2.05, 4.69) is 15.4 Å². The molecular formula is C16H23Cl2N5O2. The number of nitrogens with one attached hydrogen (secondary N) is 1. The fourth-order valence-electron chi connectivity index (χ4n) is 2.80. The van der Waals surface area contributed by atoms with Gasteiger partial charge in [-0.15, -0.1) is 24.8 Å². The van der Waals surface area contributed by atoms with Crippen LogP contribution in [0.25, 0.3) is 0 Å². The van der Waals surface area contributed by atoms with Crippen LogP contribution in [0.2, 0.25) is 0 Å². The number of benzene rings is 1. The maximum Gasteiger partial charge on any atom is 0.232 e. The van der Waals surface area contributed by atoms with Gasteiger partial charge in [0.2, 0.25) is 5.91 Å². The van der Waals surface area contributed by atoms with Crippen molar-refractivity contribution < 1.29 is 9.53 Å². The first-order valence-corrected chi connectivity index (χ1v) is 7.72. The lowest BCUT2D eigenvalue weighted by atomic mass is 9.79. The van der Waals surface area contributed by atoms with E-state index < -0.39 is 5.41 Å². The van der Waals surface area contributed by atoms with Crippen molar-refractivity contribution >= 4 is 36.4 Å². The second-order valence-corrected chi connectivity index (χ2v) is 5.84. The molecule has 1 saturated heterocycles. The summed E-state index contributed by atoms with van der Waals surface area (Å²) in [6, 6.07) is 7.74. The summed E-state index contributed by atoms with van der Waals surface area (Å²) in [5, 5.41) is 7.09. The highest BCUT2D eigenvalue weighted by Crippen LogP contribution is 2.31. The molecule has 1 amide bonds. The molecule has 3 rings (SSSR count). The molecule has 2 aromatic rings. The first-order chi connectivity index (χ1) is 11.2. The van der Waals surface area contributed by atoms with Crippen LogP contribution in [0.4, 0.5) is 5.69 Å². The third-order valence-corrected chi connectivity index (χ3v) is 4.32. The SMILES string of the molecule is Cl.Cl.NCC1(C(=O)Nc2cccc(Cn3cncn3)c2)CCOCC1. The largest absolute Gasteiger partial charge is 0.381 e. The van der Waals surface area contributed by atoms with Gasteiger partial charge < -0.3 is 15.8 Å². The summed E-state index contributed by atoms with van der Waals surface area (Å²) in [5.74, 6) is -0.0267. The Labute approximate surface area is 159 Å². The van der Waals surface area contributed by atoms with Crippen molar-refractivity contribution in [2.45, 2.75) is 19.4 Å². The average Bonchev–Trinajstić information content (AvgIpc) is 3.08. The van der Waals surface area contributed by atoms with E-state index >= 15 is 0 Å². The first kappa shape index (κ1) is 21.4. The zero-order valence-electron chi connectivity index (χ0n) is 13.8. The van der Waals surface area contributed by atoms with Crippen molar-refractivity contribution in [3.63, 3.8) is 0 Å². The molecule has 1 aliphatic heterocycles. The van der Waals surface area contributed by atoms with Crippen molar-refractivity contribution in [1.82, 2.24) is 14.8 Å². The summed E-state index contributed by atoms with van der Waals surface area (Å²) in [5.41, 5.74) is 7.16. The number of carbonyl (C=O) groups is 1. The number of ether oxygens (including phenoxy) is 1. The van der Waals surface area contributed by atoms with Gasteiger partial charge in [0.25, 0.3) is 0 Å². The third kappa shape index (κ3) is 5.15. The molecule has 0 spiro atoms. The van der Waals surface area contributed by atoms with Crippen molar-refractivity contribution in [2.75, 3.05) is 25.1 Å². The van der Waals surface area contributed by atoms with Gasteiger partial charge in [-0.25, -0.2) is 9.67 Å². The maximum absolute atomic E-state index is 12.7. The van der Waals surface area contributed by atoms with E-state index in [1.54, 1.807) is 11.0 Å². The highest BCUT2D eigenvalue weighted by Gasteiger charge is 2.38. The molecule has 0 bridgehead atoms. The standard InChI is InChI=1S/C16H21N5O2.2ClH/c17-10-16(4-6-23-7-5-16)15(22)20-14-3-1-2-13(8-14)9-21-12-18-11-19-21;;/h1-3,8,11-12H,4-7,9-10,17H2,(H,20,22);2*1H. The number of hydrogen-bond acceptors (Lipinski definition) is 5. The Morgan fingerprint density at radius 3 is 2.72 bits per heavy atom. The number of anilines is 1. The van der Waals surface area contributed by atoms with Gasteiger partial charge in [-0.2, -0.15) is 5.10 Å². The number of amides is 1. The molecular weight excluding hydrogens is 365 g/mol. The van der Waals surface area contributed by atoms with Crippen molar-refractivity contribution in [3.05, 3.63) is 42.5 Å². The van der Waals surface area contributed by atoms with Crippen LogP contribution in [0.3, 0.4) is 0 Å². The molecule has 0 radical (unpaired) electrons. The van der Waals surface area contributed by atoms with Crippen LogP contribution in [0, 0.1) is 5.41 Å². The van der Waals surface area contributed by atoms with Gasteiger partial charge in [-0.05, 0) is 30.5 Å². The summed E-state index contributed by atoms with van der Waals surface area (Å²) in [6.45, 7) is 2.11. The minimum absolute atomic E-state index is 0. The Morgan fingerprint density at radius 2 is 2.08 bits per heavy atom. The van der Waals surface area contributed by atoms with Gasteiger partial charge in [0.1, 0.15) is 12.7 Å². The zero-order chi connectivity index (χ0) is 16.1. The van der Waals surface area contributed by atoms with Crippen LogP contribution >= 0.6 is 24.8 Å². The van der Waals surface area contributed by atoms with Crippen molar-refractivity contribution in [3.8, 4) is 0 Å². The third-order valence-electron chi connectivity index (χ3n) is 4.32. The molecule has 25 heavy (non-hydrogen) atoms. The minimum Gasteiger partial charge on any atom is -0.381 e. The van der Waals surface area contributed by atoms with Gasteiger partial charge in [0.05, 0.1) is 12.0 Å². The molecule has 3 N–H and O–H groups in total. The van der Waals surface area contributed by atoms with Crippen LogP contribution < -0.4 is 11.1 Å². The number of halogens is 2. The number of hydrogen-bond donors (Lipinski definition) is 2. The lowest BCUT2D eigenvalue weighted by Gasteiger charge is -2.34. The molecule has 0 atom stereocenters. The summed E-state index contributed by atoms with van der Waals surface area (Å²) < 4.78 is 7.09. The fourth-order valence-corrected chi connectivity index (χ4v) is 2.80. The Kier molecular flexibility index (Phi) is 8.31. The first-order valence-electron chi connectivity index (χ1n) is 7.72. The molecule has 1 aromatic carbocycles. The number of carbonyl (C=O) groups excluding carboxylic acids is 1. The molecule has 9 heteroatoms. The minimum atomic E-state index is -0.528. The summed E-state index contributed by atoms with van der Waals surface area (Å²) >= 11 is 0. The van der Waals surface area contributed by atoms with Crippen LogP contribution in [-0.4, -0.2) is 40.4 Å². The molecule has 1 fully saturated rings. The molecule has 1 aliphatic rings. The Bertz CT molecular complexity index is 660. The smallest absolute Gasteiger partial charge is 0.232 e. The molecule has 2 heterocycles. The molecule has 1 aromatic heterocycles.